The quantitative estimate of drug-likeness (QED) is 0.443. The number of carbonyl (C=O) groups excluding carboxylic acids is 1. The maximum absolute atomic E-state index is 12.0. The predicted octanol–water partition coefficient (Wildman–Crippen LogP) is 4.44. The maximum atomic E-state index is 12.0. The number of phenols is 1. The Kier molecular flexibility index (Phi) is 10.6. The van der Waals surface area contributed by atoms with Crippen molar-refractivity contribution in [3.05, 3.63) is 58.6 Å². The zero-order chi connectivity index (χ0) is 22.3. The highest BCUT2D eigenvalue weighted by molar-refractivity contribution is 6.31. The van der Waals surface area contributed by atoms with Gasteiger partial charge in [-0.05, 0) is 76.1 Å². The summed E-state index contributed by atoms with van der Waals surface area (Å²) in [7, 11) is 0. The number of ether oxygens (including phenoxy) is 2. The molecule has 0 fully saturated rings. The largest absolute Gasteiger partial charge is 0.508 e. The van der Waals surface area contributed by atoms with Crippen LogP contribution in [0.3, 0.4) is 0 Å². The summed E-state index contributed by atoms with van der Waals surface area (Å²) < 4.78 is 10.8. The highest BCUT2D eigenvalue weighted by Crippen LogP contribution is 2.26. The molecular weight excluding hydrogens is 441 g/mol. The van der Waals surface area contributed by atoms with Gasteiger partial charge in [-0.3, -0.25) is 0 Å². The van der Waals surface area contributed by atoms with Crippen molar-refractivity contribution in [1.82, 2.24) is 5.32 Å². The molecule has 172 valence electrons. The van der Waals surface area contributed by atoms with Gasteiger partial charge < -0.3 is 25.0 Å². The molecule has 0 aromatic heterocycles. The highest BCUT2D eigenvalue weighted by Gasteiger charge is 2.31. The molecular formula is C23H31Cl2NO5. The molecule has 2 aromatic carbocycles. The molecule has 0 saturated heterocycles. The average molecular weight is 472 g/mol. The number of benzene rings is 2. The number of phenolic OH excluding ortho intramolecular Hbond substituents is 1. The van der Waals surface area contributed by atoms with E-state index < -0.39 is 17.7 Å². The van der Waals surface area contributed by atoms with E-state index in [0.717, 1.165) is 11.1 Å². The van der Waals surface area contributed by atoms with Crippen LogP contribution in [0.15, 0.2) is 42.5 Å². The van der Waals surface area contributed by atoms with Crippen molar-refractivity contribution in [3.8, 4) is 11.5 Å². The van der Waals surface area contributed by atoms with E-state index in [-0.39, 0.29) is 30.8 Å². The summed E-state index contributed by atoms with van der Waals surface area (Å²) in [6.45, 7) is 7.85. The Bertz CT molecular complexity index is 842. The Morgan fingerprint density at radius 1 is 1.19 bits per heavy atom. The van der Waals surface area contributed by atoms with Crippen molar-refractivity contribution in [1.29, 1.82) is 0 Å². The van der Waals surface area contributed by atoms with Gasteiger partial charge in [-0.25, -0.2) is 4.79 Å². The van der Waals surface area contributed by atoms with E-state index >= 15 is 0 Å². The van der Waals surface area contributed by atoms with Crippen molar-refractivity contribution in [2.45, 2.75) is 51.9 Å². The van der Waals surface area contributed by atoms with Gasteiger partial charge in [0.15, 0.2) is 5.60 Å². The first-order valence-corrected chi connectivity index (χ1v) is 10.4. The van der Waals surface area contributed by atoms with Crippen LogP contribution in [-0.2, 0) is 16.0 Å². The second kappa shape index (κ2) is 12.2. The molecule has 2 atom stereocenters. The van der Waals surface area contributed by atoms with E-state index in [1.54, 1.807) is 57.2 Å². The van der Waals surface area contributed by atoms with Gasteiger partial charge in [0.2, 0.25) is 0 Å². The molecule has 0 heterocycles. The Balaban J connectivity index is 0.00000480. The summed E-state index contributed by atoms with van der Waals surface area (Å²) in [6.07, 6.45) is -0.0329. The Morgan fingerprint density at radius 2 is 1.84 bits per heavy atom. The van der Waals surface area contributed by atoms with E-state index in [0.29, 0.717) is 23.7 Å². The van der Waals surface area contributed by atoms with Crippen LogP contribution in [0.1, 0.15) is 44.9 Å². The number of nitrogens with one attached hydrogen (secondary N) is 1. The van der Waals surface area contributed by atoms with Crippen LogP contribution in [0.4, 0.5) is 0 Å². The minimum absolute atomic E-state index is 0. The number of hydrogen-bond donors (Lipinski definition) is 3. The zero-order valence-corrected chi connectivity index (χ0v) is 19.8. The molecule has 3 N–H and O–H groups in total. The van der Waals surface area contributed by atoms with Crippen LogP contribution in [0.5, 0.6) is 11.5 Å². The van der Waals surface area contributed by atoms with Crippen LogP contribution in [-0.4, -0.2) is 41.0 Å². The summed E-state index contributed by atoms with van der Waals surface area (Å²) in [4.78, 5) is 12.0. The van der Waals surface area contributed by atoms with E-state index in [4.69, 9.17) is 21.1 Å². The standard InChI is InChI=1S/C23H30ClNO5.ClH/c1-5-29-22(28)23(3,4)30-19-11-8-16(20(24)14-19)12-13-25-15(2)21(27)17-6-9-18(26)10-7-17;/h6-11,14-15,21,25-27H,5,12-13H2,1-4H3;1H/t15-,21+;/m0./s1. The lowest BCUT2D eigenvalue weighted by molar-refractivity contribution is -0.158. The Hall–Kier alpha value is -1.99. The number of aliphatic hydroxyl groups excluding tert-OH is 1. The molecule has 0 bridgehead atoms. The molecule has 0 spiro atoms. The topological polar surface area (TPSA) is 88.0 Å². The first kappa shape index (κ1) is 27.0. The third-order valence-corrected chi connectivity index (χ3v) is 5.09. The molecule has 0 unspecified atom stereocenters. The lowest BCUT2D eigenvalue weighted by atomic mass is 10.0. The lowest BCUT2D eigenvalue weighted by Crippen LogP contribution is -2.39. The van der Waals surface area contributed by atoms with Crippen LogP contribution in [0, 0.1) is 0 Å². The van der Waals surface area contributed by atoms with Crippen molar-refractivity contribution in [2.24, 2.45) is 0 Å². The summed E-state index contributed by atoms with van der Waals surface area (Å²) in [5.41, 5.74) is 0.552. The second-order valence-electron chi connectivity index (χ2n) is 7.62. The third-order valence-electron chi connectivity index (χ3n) is 4.73. The Labute approximate surface area is 194 Å². The van der Waals surface area contributed by atoms with Gasteiger partial charge in [0, 0.05) is 11.1 Å². The molecule has 0 amide bonds. The number of aliphatic hydroxyl groups is 1. The van der Waals surface area contributed by atoms with Crippen LogP contribution in [0.2, 0.25) is 5.02 Å². The number of aromatic hydroxyl groups is 1. The SMILES string of the molecule is CCOC(=O)C(C)(C)Oc1ccc(CCN[C@@H](C)[C@@H](O)c2ccc(O)cc2)c(Cl)c1.Cl. The number of hydrogen-bond acceptors (Lipinski definition) is 6. The average Bonchev–Trinajstić information content (AvgIpc) is 2.69. The molecule has 2 aromatic rings. The monoisotopic (exact) mass is 471 g/mol. The normalized spacial score (nSPS) is 13.1. The molecule has 0 radical (unpaired) electrons. The number of halogens is 2. The molecule has 0 aliphatic carbocycles. The van der Waals surface area contributed by atoms with E-state index in [1.807, 2.05) is 13.0 Å². The van der Waals surface area contributed by atoms with Gasteiger partial charge in [-0.15, -0.1) is 12.4 Å². The fourth-order valence-corrected chi connectivity index (χ4v) is 3.21. The minimum atomic E-state index is -1.11. The van der Waals surface area contributed by atoms with Crippen molar-refractivity contribution >= 4 is 30.0 Å². The van der Waals surface area contributed by atoms with Crippen LogP contribution < -0.4 is 10.1 Å². The van der Waals surface area contributed by atoms with E-state index in [9.17, 15) is 15.0 Å². The smallest absolute Gasteiger partial charge is 0.349 e. The lowest BCUT2D eigenvalue weighted by Gasteiger charge is -2.24. The van der Waals surface area contributed by atoms with Gasteiger partial charge in [0.05, 0.1) is 12.7 Å². The fourth-order valence-electron chi connectivity index (χ4n) is 2.94. The van der Waals surface area contributed by atoms with Crippen molar-refractivity contribution in [3.63, 3.8) is 0 Å². The number of esters is 1. The summed E-state index contributed by atoms with van der Waals surface area (Å²) in [5.74, 6) is 0.223. The maximum Gasteiger partial charge on any atom is 0.349 e. The molecule has 31 heavy (non-hydrogen) atoms. The van der Waals surface area contributed by atoms with Crippen LogP contribution >= 0.6 is 24.0 Å². The molecule has 0 aliphatic rings. The minimum Gasteiger partial charge on any atom is -0.508 e. The van der Waals surface area contributed by atoms with Gasteiger partial charge >= 0.3 is 5.97 Å². The Morgan fingerprint density at radius 3 is 2.42 bits per heavy atom. The van der Waals surface area contributed by atoms with E-state index in [1.165, 1.54) is 0 Å². The summed E-state index contributed by atoms with van der Waals surface area (Å²) >= 11 is 6.39. The van der Waals surface area contributed by atoms with E-state index in [2.05, 4.69) is 5.32 Å². The summed E-state index contributed by atoms with van der Waals surface area (Å²) in [5, 5.41) is 23.6. The number of carbonyl (C=O) groups is 1. The van der Waals surface area contributed by atoms with Crippen molar-refractivity contribution < 1.29 is 24.5 Å². The second-order valence-corrected chi connectivity index (χ2v) is 8.02. The molecule has 0 aliphatic heterocycles. The predicted molar refractivity (Wildman–Crippen MR) is 124 cm³/mol. The van der Waals surface area contributed by atoms with Crippen molar-refractivity contribution in [2.75, 3.05) is 13.2 Å². The first-order chi connectivity index (χ1) is 14.1. The zero-order valence-electron chi connectivity index (χ0n) is 18.2. The van der Waals surface area contributed by atoms with Gasteiger partial charge in [0.25, 0.3) is 0 Å². The molecule has 8 heteroatoms. The van der Waals surface area contributed by atoms with Gasteiger partial charge in [0.1, 0.15) is 11.5 Å². The highest BCUT2D eigenvalue weighted by atomic mass is 35.5. The summed E-state index contributed by atoms with van der Waals surface area (Å²) in [6, 6.07) is 11.7. The van der Waals surface area contributed by atoms with Gasteiger partial charge in [-0.2, -0.15) is 0 Å². The third kappa shape index (κ3) is 7.89. The fraction of sp³-hybridized carbons (Fsp3) is 0.435. The molecule has 6 nitrogen and oxygen atoms in total. The number of rotatable bonds is 10. The van der Waals surface area contributed by atoms with Gasteiger partial charge in [-0.1, -0.05) is 29.8 Å². The first-order valence-electron chi connectivity index (χ1n) is 9.99. The van der Waals surface area contributed by atoms with Crippen LogP contribution in [0.25, 0.3) is 0 Å². The molecule has 0 saturated carbocycles. The molecule has 2 rings (SSSR count).